The maximum Gasteiger partial charge on any atom is 0.149 e. The van der Waals surface area contributed by atoms with Gasteiger partial charge >= 0.3 is 0 Å². The number of halogens is 1. The summed E-state index contributed by atoms with van der Waals surface area (Å²) < 4.78 is 0. The number of carbonyl (C=O) groups excluding carboxylic acids is 2. The van der Waals surface area contributed by atoms with E-state index in [9.17, 15) is 19.8 Å². The fourth-order valence-electron chi connectivity index (χ4n) is 7.95. The summed E-state index contributed by atoms with van der Waals surface area (Å²) in [6, 6.07) is 0. The molecule has 0 aromatic heterocycles. The van der Waals surface area contributed by atoms with Crippen molar-refractivity contribution in [2.45, 2.75) is 65.1 Å². The lowest BCUT2D eigenvalue weighted by atomic mass is 9.39. The molecule has 0 saturated heterocycles. The lowest BCUT2D eigenvalue weighted by Gasteiger charge is -2.64. The van der Waals surface area contributed by atoms with Crippen molar-refractivity contribution in [3.05, 3.63) is 0 Å². The van der Waals surface area contributed by atoms with Crippen LogP contribution >= 0.6 is 12.4 Å². The SMILES string of the molecule is CN(C)CC1C(=O)C23C(O)C1CCC2[C@]1(C)CCC(=O)C(C)(C)[C@H]1C[C@H]3O.Cl. The Balaban J connectivity index is 0.00000225. The van der Waals surface area contributed by atoms with Gasteiger partial charge in [0.15, 0.2) is 0 Å². The van der Waals surface area contributed by atoms with Crippen LogP contribution in [0, 0.1) is 39.9 Å². The van der Waals surface area contributed by atoms with E-state index in [-0.39, 0.29) is 53.1 Å². The van der Waals surface area contributed by atoms with Crippen molar-refractivity contribution in [3.8, 4) is 0 Å². The molecule has 0 radical (unpaired) electrons. The number of nitrogens with zero attached hydrogens (tertiary/aromatic N) is 1. The van der Waals surface area contributed by atoms with E-state index in [2.05, 4.69) is 6.92 Å². The number of hydrogen-bond acceptors (Lipinski definition) is 5. The van der Waals surface area contributed by atoms with Crippen LogP contribution < -0.4 is 0 Å². The molecule has 4 rings (SSSR count). The van der Waals surface area contributed by atoms with Gasteiger partial charge in [0.2, 0.25) is 0 Å². The fourth-order valence-corrected chi connectivity index (χ4v) is 7.95. The Bertz CT molecular complexity index is 679. The van der Waals surface area contributed by atoms with Crippen LogP contribution in [-0.2, 0) is 9.59 Å². The maximum absolute atomic E-state index is 13.7. The van der Waals surface area contributed by atoms with E-state index in [0.717, 1.165) is 19.3 Å². The zero-order valence-electron chi connectivity index (χ0n) is 17.8. The van der Waals surface area contributed by atoms with Gasteiger partial charge in [-0.25, -0.2) is 0 Å². The fraction of sp³-hybridized carbons (Fsp3) is 0.909. The van der Waals surface area contributed by atoms with Gasteiger partial charge in [0.1, 0.15) is 11.6 Å². The topological polar surface area (TPSA) is 77.8 Å². The highest BCUT2D eigenvalue weighted by molar-refractivity contribution is 5.93. The Kier molecular flexibility index (Phi) is 5.36. The highest BCUT2D eigenvalue weighted by Gasteiger charge is 2.75. The van der Waals surface area contributed by atoms with Crippen molar-refractivity contribution in [2.24, 2.45) is 39.9 Å². The minimum absolute atomic E-state index is 0. The van der Waals surface area contributed by atoms with Gasteiger partial charge in [-0.05, 0) is 62.9 Å². The van der Waals surface area contributed by atoms with Crippen molar-refractivity contribution in [1.82, 2.24) is 4.90 Å². The van der Waals surface area contributed by atoms with Crippen LogP contribution in [0.5, 0.6) is 0 Å². The summed E-state index contributed by atoms with van der Waals surface area (Å²) in [5.41, 5.74) is -1.71. The first kappa shape index (κ1) is 22.2. The molecule has 4 aliphatic rings. The first-order valence-corrected chi connectivity index (χ1v) is 10.6. The minimum Gasteiger partial charge on any atom is -0.392 e. The van der Waals surface area contributed by atoms with E-state index >= 15 is 0 Å². The minimum atomic E-state index is -1.04. The van der Waals surface area contributed by atoms with E-state index in [4.69, 9.17) is 0 Å². The molecule has 0 heterocycles. The van der Waals surface area contributed by atoms with Crippen LogP contribution in [0.15, 0.2) is 0 Å². The van der Waals surface area contributed by atoms with Gasteiger partial charge in [-0.15, -0.1) is 12.4 Å². The summed E-state index contributed by atoms with van der Waals surface area (Å²) in [4.78, 5) is 28.4. The number of ketones is 2. The van der Waals surface area contributed by atoms with Crippen LogP contribution in [0.2, 0.25) is 0 Å². The molecule has 0 amide bonds. The van der Waals surface area contributed by atoms with E-state index in [1.807, 2.05) is 32.8 Å². The highest BCUT2D eigenvalue weighted by Crippen LogP contribution is 2.70. The molecule has 0 aromatic rings. The third-order valence-electron chi connectivity index (χ3n) is 9.19. The first-order chi connectivity index (χ1) is 12.5. The lowest BCUT2D eigenvalue weighted by Crippen LogP contribution is -2.68. The van der Waals surface area contributed by atoms with Crippen molar-refractivity contribution in [3.63, 3.8) is 0 Å². The zero-order chi connectivity index (χ0) is 19.9. The largest absolute Gasteiger partial charge is 0.392 e. The molecule has 5 unspecified atom stereocenters. The van der Waals surface area contributed by atoms with E-state index in [0.29, 0.717) is 19.4 Å². The van der Waals surface area contributed by atoms with Gasteiger partial charge in [-0.3, -0.25) is 9.59 Å². The summed E-state index contributed by atoms with van der Waals surface area (Å²) in [5.74, 6) is 0.110. The van der Waals surface area contributed by atoms with E-state index < -0.39 is 23.0 Å². The number of aliphatic hydroxyl groups is 2. The quantitative estimate of drug-likeness (QED) is 0.726. The predicted molar refractivity (Wildman–Crippen MR) is 109 cm³/mol. The van der Waals surface area contributed by atoms with Gasteiger partial charge in [0.05, 0.1) is 17.6 Å². The van der Waals surface area contributed by atoms with Gasteiger partial charge in [0.25, 0.3) is 0 Å². The van der Waals surface area contributed by atoms with Crippen molar-refractivity contribution < 1.29 is 19.8 Å². The molecule has 4 aliphatic carbocycles. The van der Waals surface area contributed by atoms with Gasteiger partial charge in [-0.2, -0.15) is 0 Å². The molecule has 8 atom stereocenters. The number of aliphatic hydroxyl groups excluding tert-OH is 2. The van der Waals surface area contributed by atoms with Crippen LogP contribution in [0.3, 0.4) is 0 Å². The second kappa shape index (κ2) is 6.76. The number of hydrogen-bond donors (Lipinski definition) is 2. The molecule has 4 saturated carbocycles. The highest BCUT2D eigenvalue weighted by atomic mass is 35.5. The average Bonchev–Trinajstić information content (AvgIpc) is 2.70. The average molecular weight is 414 g/mol. The number of fused-ring (bicyclic) bond motifs is 3. The third kappa shape index (κ3) is 2.49. The predicted octanol–water partition coefficient (Wildman–Crippen LogP) is 2.32. The molecular formula is C22H36ClNO4. The first-order valence-electron chi connectivity index (χ1n) is 10.6. The number of rotatable bonds is 2. The van der Waals surface area contributed by atoms with E-state index in [1.54, 1.807) is 0 Å². The van der Waals surface area contributed by atoms with E-state index in [1.165, 1.54) is 0 Å². The smallest absolute Gasteiger partial charge is 0.149 e. The van der Waals surface area contributed by atoms with Crippen molar-refractivity contribution in [1.29, 1.82) is 0 Å². The van der Waals surface area contributed by atoms with Gasteiger partial charge in [0, 0.05) is 24.3 Å². The van der Waals surface area contributed by atoms with Crippen LogP contribution in [0.25, 0.3) is 0 Å². The maximum atomic E-state index is 13.7. The monoisotopic (exact) mass is 413 g/mol. The second-order valence-corrected chi connectivity index (χ2v) is 10.9. The van der Waals surface area contributed by atoms with Crippen LogP contribution in [0.4, 0.5) is 0 Å². The summed E-state index contributed by atoms with van der Waals surface area (Å²) in [6.07, 6.45) is 1.83. The lowest BCUT2D eigenvalue weighted by molar-refractivity contribution is -0.222. The molecule has 0 aromatic carbocycles. The van der Waals surface area contributed by atoms with Crippen molar-refractivity contribution >= 4 is 24.0 Å². The summed E-state index contributed by atoms with van der Waals surface area (Å²) in [5, 5.41) is 22.7. The van der Waals surface area contributed by atoms with Crippen LogP contribution in [-0.4, -0.2) is 59.5 Å². The number of carbonyl (C=O) groups is 2. The Morgan fingerprint density at radius 1 is 1.07 bits per heavy atom. The molecule has 6 heteroatoms. The molecule has 160 valence electrons. The molecule has 2 N–H and O–H groups in total. The molecule has 4 fully saturated rings. The molecular weight excluding hydrogens is 378 g/mol. The number of Topliss-reactive ketones (excluding diaryl/α,β-unsaturated/α-hetero) is 2. The van der Waals surface area contributed by atoms with Crippen LogP contribution in [0.1, 0.15) is 52.9 Å². The third-order valence-corrected chi connectivity index (χ3v) is 9.19. The zero-order valence-corrected chi connectivity index (χ0v) is 18.6. The summed E-state index contributed by atoms with van der Waals surface area (Å²) in [7, 11) is 3.92. The summed E-state index contributed by atoms with van der Waals surface area (Å²) in [6.45, 7) is 6.88. The standard InChI is InChI=1S/C22H35NO4.ClH/c1-20(2)15-10-17(25)22-14(21(15,3)9-8-16(20)24)7-6-12(18(22)26)13(19(22)27)11-23(4)5;/h12-15,17-18,25-26H,6-11H2,1-5H3;1H/t12?,13?,14?,15-,17-,18?,21+,22?;/m1./s1. The molecule has 0 aliphatic heterocycles. The Hall–Kier alpha value is -0.490. The Morgan fingerprint density at radius 3 is 2.32 bits per heavy atom. The van der Waals surface area contributed by atoms with Gasteiger partial charge < -0.3 is 15.1 Å². The van der Waals surface area contributed by atoms with Crippen molar-refractivity contribution in [2.75, 3.05) is 20.6 Å². The molecule has 1 spiro atoms. The molecule has 2 bridgehead atoms. The normalized spacial score (nSPS) is 49.4. The van der Waals surface area contributed by atoms with Gasteiger partial charge in [-0.1, -0.05) is 20.8 Å². The Morgan fingerprint density at radius 2 is 1.71 bits per heavy atom. The molecule has 5 nitrogen and oxygen atoms in total. The Labute approximate surface area is 174 Å². The second-order valence-electron chi connectivity index (χ2n) is 10.9. The molecule has 28 heavy (non-hydrogen) atoms. The summed E-state index contributed by atoms with van der Waals surface area (Å²) >= 11 is 0.